The van der Waals surface area contributed by atoms with Gasteiger partial charge in [0.25, 0.3) is 5.91 Å². The molecule has 1 heterocycles. The average Bonchev–Trinajstić information content (AvgIpc) is 2.36. The van der Waals surface area contributed by atoms with Crippen LogP contribution in [0.2, 0.25) is 0 Å². The quantitative estimate of drug-likeness (QED) is 0.813. The number of hydrogen-bond acceptors (Lipinski definition) is 5. The molecule has 0 unspecified atom stereocenters. The molecule has 0 spiro atoms. The molecule has 0 aromatic carbocycles. The molecule has 0 aliphatic heterocycles. The molecule has 20 heavy (non-hydrogen) atoms. The molecule has 1 rings (SSSR count). The number of nitrogens with one attached hydrogen (secondary N) is 1. The molecule has 110 valence electrons. The smallest absolute Gasteiger partial charge is 0.303 e. The highest BCUT2D eigenvalue weighted by molar-refractivity contribution is 5.91. The Bertz CT molecular complexity index is 483. The number of rotatable bonds is 6. The fourth-order valence-electron chi connectivity index (χ4n) is 1.57. The second-order valence-electron chi connectivity index (χ2n) is 5.41. The van der Waals surface area contributed by atoms with E-state index in [0.29, 0.717) is 12.2 Å². The van der Waals surface area contributed by atoms with E-state index in [1.165, 1.54) is 4.90 Å². The predicted molar refractivity (Wildman–Crippen MR) is 74.6 cm³/mol. The van der Waals surface area contributed by atoms with Gasteiger partial charge in [0.1, 0.15) is 5.82 Å². The molecular formula is C13H20N4O3. The van der Waals surface area contributed by atoms with E-state index in [9.17, 15) is 9.59 Å². The van der Waals surface area contributed by atoms with E-state index < -0.39 is 11.5 Å². The number of carbonyl (C=O) groups is 2. The third-order valence-electron chi connectivity index (χ3n) is 2.72. The minimum absolute atomic E-state index is 0.0740. The van der Waals surface area contributed by atoms with Crippen molar-refractivity contribution in [3.8, 4) is 0 Å². The van der Waals surface area contributed by atoms with Crippen molar-refractivity contribution in [3.05, 3.63) is 17.8 Å². The van der Waals surface area contributed by atoms with Crippen LogP contribution in [0, 0.1) is 0 Å². The Hall–Kier alpha value is -2.18. The fourth-order valence-corrected chi connectivity index (χ4v) is 1.57. The summed E-state index contributed by atoms with van der Waals surface area (Å²) in [7, 11) is 3.29. The number of aliphatic carboxylic acids is 1. The Morgan fingerprint density at radius 2 is 1.95 bits per heavy atom. The second-order valence-corrected chi connectivity index (χ2v) is 5.41. The van der Waals surface area contributed by atoms with E-state index in [1.807, 2.05) is 13.8 Å². The van der Waals surface area contributed by atoms with Gasteiger partial charge in [-0.25, -0.2) is 0 Å². The van der Waals surface area contributed by atoms with Crippen LogP contribution in [0.4, 0.5) is 5.82 Å². The maximum atomic E-state index is 11.7. The molecule has 0 aliphatic carbocycles. The Morgan fingerprint density at radius 3 is 2.40 bits per heavy atom. The fraction of sp³-hybridized carbons (Fsp3) is 0.538. The van der Waals surface area contributed by atoms with Crippen LogP contribution >= 0.6 is 0 Å². The van der Waals surface area contributed by atoms with Crippen molar-refractivity contribution in [2.45, 2.75) is 32.2 Å². The standard InChI is InChI=1S/C13H20N4O3/c1-13(2,8-7-11(18)19)14-10-6-5-9(15-16-10)12(20)17(3)4/h5-6H,7-8H2,1-4H3,(H,14,16)(H,18,19). The van der Waals surface area contributed by atoms with Crippen molar-refractivity contribution in [1.82, 2.24) is 15.1 Å². The Labute approximate surface area is 118 Å². The van der Waals surface area contributed by atoms with Crippen molar-refractivity contribution in [3.63, 3.8) is 0 Å². The molecular weight excluding hydrogens is 260 g/mol. The summed E-state index contributed by atoms with van der Waals surface area (Å²) in [5.41, 5.74) is -0.149. The van der Waals surface area contributed by atoms with Crippen molar-refractivity contribution < 1.29 is 14.7 Å². The number of carboxylic acids is 1. The first kappa shape index (κ1) is 15.9. The molecule has 0 radical (unpaired) electrons. The molecule has 7 heteroatoms. The molecule has 0 bridgehead atoms. The molecule has 1 aromatic heterocycles. The summed E-state index contributed by atoms with van der Waals surface area (Å²) in [6, 6.07) is 3.25. The van der Waals surface area contributed by atoms with E-state index in [4.69, 9.17) is 5.11 Å². The normalized spacial score (nSPS) is 11.0. The monoisotopic (exact) mass is 280 g/mol. The van der Waals surface area contributed by atoms with Crippen LogP contribution < -0.4 is 5.32 Å². The van der Waals surface area contributed by atoms with Gasteiger partial charge in [0, 0.05) is 26.1 Å². The summed E-state index contributed by atoms with van der Waals surface area (Å²) in [6.45, 7) is 3.77. The number of hydrogen-bond donors (Lipinski definition) is 2. The summed E-state index contributed by atoms with van der Waals surface area (Å²) in [6.07, 6.45) is 0.535. The van der Waals surface area contributed by atoms with Crippen LogP contribution in [-0.4, -0.2) is 51.7 Å². The zero-order chi connectivity index (χ0) is 15.3. The number of aromatic nitrogens is 2. The predicted octanol–water partition coefficient (Wildman–Crippen LogP) is 1.23. The number of amides is 1. The van der Waals surface area contributed by atoms with E-state index >= 15 is 0 Å². The number of carbonyl (C=O) groups excluding carboxylic acids is 1. The van der Waals surface area contributed by atoms with Crippen LogP contribution in [-0.2, 0) is 4.79 Å². The average molecular weight is 280 g/mol. The van der Waals surface area contributed by atoms with Gasteiger partial charge >= 0.3 is 5.97 Å². The third kappa shape index (κ3) is 4.83. The Balaban J connectivity index is 2.69. The molecule has 0 saturated carbocycles. The first-order chi connectivity index (χ1) is 9.21. The summed E-state index contributed by atoms with van der Waals surface area (Å²) >= 11 is 0. The van der Waals surface area contributed by atoms with E-state index in [-0.39, 0.29) is 18.0 Å². The third-order valence-corrected chi connectivity index (χ3v) is 2.72. The van der Waals surface area contributed by atoms with E-state index in [0.717, 1.165) is 0 Å². The molecule has 0 saturated heterocycles. The van der Waals surface area contributed by atoms with E-state index in [2.05, 4.69) is 15.5 Å². The van der Waals surface area contributed by atoms with Gasteiger partial charge in [0.15, 0.2) is 5.69 Å². The summed E-state index contributed by atoms with van der Waals surface area (Å²) in [5, 5.41) is 19.6. The van der Waals surface area contributed by atoms with Crippen molar-refractivity contribution in [2.75, 3.05) is 19.4 Å². The first-order valence-electron chi connectivity index (χ1n) is 6.26. The highest BCUT2D eigenvalue weighted by atomic mass is 16.4. The van der Waals surface area contributed by atoms with Crippen molar-refractivity contribution in [2.24, 2.45) is 0 Å². The van der Waals surface area contributed by atoms with Crippen LogP contribution in [0.3, 0.4) is 0 Å². The minimum Gasteiger partial charge on any atom is -0.481 e. The van der Waals surface area contributed by atoms with Crippen LogP contribution in [0.15, 0.2) is 12.1 Å². The minimum atomic E-state index is -0.835. The van der Waals surface area contributed by atoms with Gasteiger partial charge in [-0.05, 0) is 32.4 Å². The van der Waals surface area contributed by atoms with Crippen LogP contribution in [0.25, 0.3) is 0 Å². The lowest BCUT2D eigenvalue weighted by atomic mass is 9.98. The van der Waals surface area contributed by atoms with E-state index in [1.54, 1.807) is 26.2 Å². The lowest BCUT2D eigenvalue weighted by Crippen LogP contribution is -2.32. The number of anilines is 1. The van der Waals surface area contributed by atoms with Crippen molar-refractivity contribution >= 4 is 17.7 Å². The lowest BCUT2D eigenvalue weighted by Gasteiger charge is -2.26. The lowest BCUT2D eigenvalue weighted by molar-refractivity contribution is -0.137. The van der Waals surface area contributed by atoms with Gasteiger partial charge in [0.05, 0.1) is 0 Å². The second kappa shape index (κ2) is 6.31. The molecule has 1 amide bonds. The van der Waals surface area contributed by atoms with Gasteiger partial charge in [-0.2, -0.15) is 0 Å². The maximum absolute atomic E-state index is 11.7. The highest BCUT2D eigenvalue weighted by Crippen LogP contribution is 2.17. The maximum Gasteiger partial charge on any atom is 0.303 e. The molecule has 7 nitrogen and oxygen atoms in total. The molecule has 0 atom stereocenters. The summed E-state index contributed by atoms with van der Waals surface area (Å²) in [5.74, 6) is -0.539. The topological polar surface area (TPSA) is 95.4 Å². The zero-order valence-corrected chi connectivity index (χ0v) is 12.2. The molecule has 0 fully saturated rings. The Morgan fingerprint density at radius 1 is 1.30 bits per heavy atom. The van der Waals surface area contributed by atoms with Gasteiger partial charge in [0.2, 0.25) is 0 Å². The molecule has 1 aromatic rings. The SMILES string of the molecule is CN(C)C(=O)c1ccc(NC(C)(C)CCC(=O)O)nn1. The highest BCUT2D eigenvalue weighted by Gasteiger charge is 2.20. The zero-order valence-electron chi connectivity index (χ0n) is 12.2. The van der Waals surface area contributed by atoms with Crippen LogP contribution in [0.5, 0.6) is 0 Å². The Kier molecular flexibility index (Phi) is 5.01. The number of carboxylic acid groups (broad SMARTS) is 1. The summed E-state index contributed by atoms with van der Waals surface area (Å²) < 4.78 is 0. The van der Waals surface area contributed by atoms with Crippen LogP contribution in [0.1, 0.15) is 37.2 Å². The molecule has 0 aliphatic rings. The van der Waals surface area contributed by atoms with Crippen molar-refractivity contribution in [1.29, 1.82) is 0 Å². The van der Waals surface area contributed by atoms with Gasteiger partial charge in [-0.1, -0.05) is 0 Å². The number of nitrogens with zero attached hydrogens (tertiary/aromatic N) is 3. The summed E-state index contributed by atoms with van der Waals surface area (Å²) in [4.78, 5) is 23.7. The largest absolute Gasteiger partial charge is 0.481 e. The first-order valence-corrected chi connectivity index (χ1v) is 6.26. The van der Waals surface area contributed by atoms with Gasteiger partial charge in [-0.3, -0.25) is 9.59 Å². The van der Waals surface area contributed by atoms with Gasteiger partial charge in [-0.15, -0.1) is 10.2 Å². The van der Waals surface area contributed by atoms with Gasteiger partial charge < -0.3 is 15.3 Å². The molecule has 2 N–H and O–H groups in total.